The van der Waals surface area contributed by atoms with Gasteiger partial charge in [-0.1, -0.05) is 30.3 Å². The van der Waals surface area contributed by atoms with Crippen LogP contribution in [0.4, 0.5) is 11.4 Å². The van der Waals surface area contributed by atoms with Crippen LogP contribution in [0.25, 0.3) is 0 Å². The number of anilines is 1. The largest absolute Gasteiger partial charge is 0.478 e. The molecule has 0 spiro atoms. The molecule has 3 N–H and O–H groups in total. The van der Waals surface area contributed by atoms with E-state index in [0.717, 1.165) is 12.1 Å². The van der Waals surface area contributed by atoms with Crippen LogP contribution in [0.2, 0.25) is 0 Å². The highest BCUT2D eigenvalue weighted by Crippen LogP contribution is 2.26. The van der Waals surface area contributed by atoms with Crippen molar-refractivity contribution >= 4 is 23.3 Å². The Balaban J connectivity index is 2.31. The number of esters is 1. The van der Waals surface area contributed by atoms with Crippen LogP contribution in [0.3, 0.4) is 0 Å². The monoisotopic (exact) mass is 316 g/mol. The highest BCUT2D eigenvalue weighted by Gasteiger charge is 2.23. The molecule has 0 radical (unpaired) electrons. The average Bonchev–Trinajstić information content (AvgIpc) is 2.53. The molecule has 2 rings (SSSR count). The normalized spacial score (nSPS) is 10.1. The van der Waals surface area contributed by atoms with Crippen LogP contribution in [0.5, 0.6) is 0 Å². The summed E-state index contributed by atoms with van der Waals surface area (Å²) < 4.78 is 5.03. The Labute approximate surface area is 130 Å². The molecule has 0 bridgehead atoms. The van der Waals surface area contributed by atoms with Crippen LogP contribution in [0, 0.1) is 10.1 Å². The Kier molecular flexibility index (Phi) is 4.55. The highest BCUT2D eigenvalue weighted by atomic mass is 16.6. The summed E-state index contributed by atoms with van der Waals surface area (Å²) in [7, 11) is 0. The highest BCUT2D eigenvalue weighted by molar-refractivity contribution is 6.04. The molecule has 8 heteroatoms. The van der Waals surface area contributed by atoms with Gasteiger partial charge in [0.15, 0.2) is 0 Å². The van der Waals surface area contributed by atoms with E-state index in [9.17, 15) is 19.7 Å². The molecule has 0 aliphatic heterocycles. The van der Waals surface area contributed by atoms with Gasteiger partial charge >= 0.3 is 11.9 Å². The standard InChI is InChI=1S/C15H12N2O6/c16-13-11(14(18)19)6-10(17(21)22)7-12(13)15(20)23-8-9-4-2-1-3-5-9/h1-7H,8,16H2,(H,18,19). The molecule has 0 unspecified atom stereocenters. The second kappa shape index (κ2) is 6.56. The lowest BCUT2D eigenvalue weighted by Crippen LogP contribution is -2.13. The molecular formula is C15H12N2O6. The predicted molar refractivity (Wildman–Crippen MR) is 80.0 cm³/mol. The number of nitrogen functional groups attached to an aromatic ring is 1. The fraction of sp³-hybridized carbons (Fsp3) is 0.0667. The third kappa shape index (κ3) is 3.62. The number of aromatic carboxylic acids is 1. The number of nitrogens with two attached hydrogens (primary N) is 1. The molecule has 0 heterocycles. The van der Waals surface area contributed by atoms with E-state index >= 15 is 0 Å². The van der Waals surface area contributed by atoms with E-state index in [1.807, 2.05) is 0 Å². The zero-order valence-corrected chi connectivity index (χ0v) is 11.8. The lowest BCUT2D eigenvalue weighted by molar-refractivity contribution is -0.384. The Bertz CT molecular complexity index is 773. The maximum absolute atomic E-state index is 12.1. The molecule has 2 aromatic rings. The van der Waals surface area contributed by atoms with E-state index < -0.39 is 28.1 Å². The molecule has 0 saturated heterocycles. The van der Waals surface area contributed by atoms with Crippen molar-refractivity contribution in [1.82, 2.24) is 0 Å². The van der Waals surface area contributed by atoms with Crippen molar-refractivity contribution in [3.63, 3.8) is 0 Å². The first-order valence-corrected chi connectivity index (χ1v) is 6.42. The number of non-ortho nitro benzene ring substituents is 1. The fourth-order valence-corrected chi connectivity index (χ4v) is 1.89. The summed E-state index contributed by atoms with van der Waals surface area (Å²) in [5.41, 5.74) is 4.53. The first kappa shape index (κ1) is 16.0. The molecule has 0 aromatic heterocycles. The minimum absolute atomic E-state index is 0.0653. The van der Waals surface area contributed by atoms with E-state index in [4.69, 9.17) is 15.6 Å². The summed E-state index contributed by atoms with van der Waals surface area (Å²) in [5, 5.41) is 19.9. The van der Waals surface area contributed by atoms with Crippen LogP contribution in [0.1, 0.15) is 26.3 Å². The van der Waals surface area contributed by atoms with Crippen molar-refractivity contribution in [2.24, 2.45) is 0 Å². The number of carboxylic acids is 1. The molecule has 0 saturated carbocycles. The van der Waals surface area contributed by atoms with Gasteiger partial charge in [0.05, 0.1) is 21.7 Å². The number of carboxylic acid groups (broad SMARTS) is 1. The van der Waals surface area contributed by atoms with E-state index in [2.05, 4.69) is 0 Å². The summed E-state index contributed by atoms with van der Waals surface area (Å²) in [4.78, 5) is 33.2. The Morgan fingerprint density at radius 2 is 1.78 bits per heavy atom. The molecule has 0 fully saturated rings. The van der Waals surface area contributed by atoms with Gasteiger partial charge in [0.1, 0.15) is 6.61 Å². The summed E-state index contributed by atoms with van der Waals surface area (Å²) in [6.07, 6.45) is 0. The van der Waals surface area contributed by atoms with Crippen molar-refractivity contribution in [1.29, 1.82) is 0 Å². The average molecular weight is 316 g/mol. The number of hydrogen-bond acceptors (Lipinski definition) is 6. The summed E-state index contributed by atoms with van der Waals surface area (Å²) in [6, 6.07) is 10.5. The quantitative estimate of drug-likeness (QED) is 0.374. The van der Waals surface area contributed by atoms with Gasteiger partial charge in [0.25, 0.3) is 5.69 Å². The smallest absolute Gasteiger partial charge is 0.340 e. The second-order valence-electron chi connectivity index (χ2n) is 4.58. The zero-order chi connectivity index (χ0) is 17.0. The van der Waals surface area contributed by atoms with Gasteiger partial charge in [0.2, 0.25) is 0 Å². The summed E-state index contributed by atoms with van der Waals surface area (Å²) >= 11 is 0. The summed E-state index contributed by atoms with van der Waals surface area (Å²) in [6.45, 7) is -0.0653. The number of carbonyl (C=O) groups is 2. The van der Waals surface area contributed by atoms with Gasteiger partial charge in [0, 0.05) is 12.1 Å². The van der Waals surface area contributed by atoms with Crippen LogP contribution < -0.4 is 5.73 Å². The van der Waals surface area contributed by atoms with Gasteiger partial charge in [-0.25, -0.2) is 9.59 Å². The van der Waals surface area contributed by atoms with Crippen molar-refractivity contribution < 1.29 is 24.4 Å². The summed E-state index contributed by atoms with van der Waals surface area (Å²) in [5.74, 6) is -2.40. The molecule has 2 aromatic carbocycles. The minimum Gasteiger partial charge on any atom is -0.478 e. The van der Waals surface area contributed by atoms with Gasteiger partial charge in [-0.05, 0) is 5.56 Å². The molecule has 8 nitrogen and oxygen atoms in total. The zero-order valence-electron chi connectivity index (χ0n) is 11.8. The fourth-order valence-electron chi connectivity index (χ4n) is 1.89. The molecule has 118 valence electrons. The first-order valence-electron chi connectivity index (χ1n) is 6.42. The number of carbonyl (C=O) groups excluding carboxylic acids is 1. The Morgan fingerprint density at radius 3 is 2.35 bits per heavy atom. The third-order valence-electron chi connectivity index (χ3n) is 3.04. The maximum atomic E-state index is 12.1. The maximum Gasteiger partial charge on any atom is 0.340 e. The number of nitro benzene ring substituents is 1. The van der Waals surface area contributed by atoms with Crippen LogP contribution >= 0.6 is 0 Å². The van der Waals surface area contributed by atoms with E-state index in [1.54, 1.807) is 30.3 Å². The molecule has 23 heavy (non-hydrogen) atoms. The molecular weight excluding hydrogens is 304 g/mol. The number of benzene rings is 2. The second-order valence-corrected chi connectivity index (χ2v) is 4.58. The lowest BCUT2D eigenvalue weighted by Gasteiger charge is -2.09. The number of ether oxygens (including phenoxy) is 1. The molecule has 0 atom stereocenters. The van der Waals surface area contributed by atoms with Crippen molar-refractivity contribution in [2.45, 2.75) is 6.61 Å². The van der Waals surface area contributed by atoms with Crippen LogP contribution in [0.15, 0.2) is 42.5 Å². The number of nitrogens with zero attached hydrogens (tertiary/aromatic N) is 1. The van der Waals surface area contributed by atoms with Gasteiger partial charge in [-0.3, -0.25) is 10.1 Å². The first-order chi connectivity index (χ1) is 10.9. The van der Waals surface area contributed by atoms with Crippen LogP contribution in [-0.2, 0) is 11.3 Å². The van der Waals surface area contributed by atoms with Crippen molar-refractivity contribution in [3.05, 3.63) is 69.3 Å². The lowest BCUT2D eigenvalue weighted by atomic mass is 10.1. The number of hydrogen-bond donors (Lipinski definition) is 2. The Hall–Kier alpha value is -3.42. The number of rotatable bonds is 5. The molecule has 0 amide bonds. The van der Waals surface area contributed by atoms with Crippen molar-refractivity contribution in [3.8, 4) is 0 Å². The predicted octanol–water partition coefficient (Wildman–Crippen LogP) is 2.23. The van der Waals surface area contributed by atoms with E-state index in [1.165, 1.54) is 0 Å². The van der Waals surface area contributed by atoms with Crippen molar-refractivity contribution in [2.75, 3.05) is 5.73 Å². The topological polar surface area (TPSA) is 133 Å². The van der Waals surface area contributed by atoms with Crippen LogP contribution in [-0.4, -0.2) is 22.0 Å². The Morgan fingerprint density at radius 1 is 1.17 bits per heavy atom. The van der Waals surface area contributed by atoms with E-state index in [-0.39, 0.29) is 17.9 Å². The van der Waals surface area contributed by atoms with Gasteiger partial charge in [-0.2, -0.15) is 0 Å². The minimum atomic E-state index is -1.47. The number of nitro groups is 1. The SMILES string of the molecule is Nc1c(C(=O)O)cc([N+](=O)[O-])cc1C(=O)OCc1ccccc1. The van der Waals surface area contributed by atoms with Gasteiger partial charge < -0.3 is 15.6 Å². The molecule has 0 aliphatic carbocycles. The third-order valence-corrected chi connectivity index (χ3v) is 3.04. The van der Waals surface area contributed by atoms with E-state index in [0.29, 0.717) is 5.56 Å². The molecule has 0 aliphatic rings. The van der Waals surface area contributed by atoms with Gasteiger partial charge in [-0.15, -0.1) is 0 Å².